The minimum Gasteiger partial charge on any atom is -0.367 e. The molecule has 21 heavy (non-hydrogen) atoms. The first-order valence-corrected chi connectivity index (χ1v) is 8.69. The van der Waals surface area contributed by atoms with Crippen LogP contribution < -0.4 is 10.2 Å². The average molecular weight is 321 g/mol. The van der Waals surface area contributed by atoms with Crippen molar-refractivity contribution in [2.24, 2.45) is 0 Å². The molecule has 1 heterocycles. The van der Waals surface area contributed by atoms with E-state index in [1.54, 1.807) is 11.3 Å². The molecule has 1 unspecified atom stereocenters. The summed E-state index contributed by atoms with van der Waals surface area (Å²) in [6.07, 6.45) is 2.59. The molecule has 1 fully saturated rings. The molecular formula is C17H21ClN2S. The van der Waals surface area contributed by atoms with Gasteiger partial charge in [0.15, 0.2) is 0 Å². The van der Waals surface area contributed by atoms with Crippen LogP contribution in [0.15, 0.2) is 35.7 Å². The summed E-state index contributed by atoms with van der Waals surface area (Å²) in [6, 6.07) is 11.5. The molecular weight excluding hydrogens is 300 g/mol. The van der Waals surface area contributed by atoms with Crippen LogP contribution in [0.2, 0.25) is 5.02 Å². The molecule has 3 rings (SSSR count). The van der Waals surface area contributed by atoms with Crippen LogP contribution in [0.4, 0.5) is 5.69 Å². The van der Waals surface area contributed by atoms with Gasteiger partial charge in [-0.3, -0.25) is 0 Å². The maximum Gasteiger partial charge on any atom is 0.0603 e. The van der Waals surface area contributed by atoms with E-state index in [0.717, 1.165) is 11.6 Å². The zero-order chi connectivity index (χ0) is 14.8. The van der Waals surface area contributed by atoms with Crippen molar-refractivity contribution in [2.75, 3.05) is 11.9 Å². The van der Waals surface area contributed by atoms with Crippen LogP contribution in [0, 0.1) is 0 Å². The molecule has 112 valence electrons. The normalized spacial score (nSPS) is 16.0. The Morgan fingerprint density at radius 3 is 2.81 bits per heavy atom. The third-order valence-electron chi connectivity index (χ3n) is 4.15. The Balaban J connectivity index is 1.83. The van der Waals surface area contributed by atoms with E-state index >= 15 is 0 Å². The molecule has 0 aliphatic heterocycles. The number of rotatable bonds is 6. The summed E-state index contributed by atoms with van der Waals surface area (Å²) < 4.78 is 0. The second-order valence-electron chi connectivity index (χ2n) is 5.69. The van der Waals surface area contributed by atoms with Crippen molar-refractivity contribution in [2.45, 2.75) is 38.4 Å². The molecule has 1 aromatic carbocycles. The zero-order valence-electron chi connectivity index (χ0n) is 12.5. The number of nitrogens with one attached hydrogen (secondary N) is 1. The van der Waals surface area contributed by atoms with Gasteiger partial charge >= 0.3 is 0 Å². The maximum absolute atomic E-state index is 6.44. The predicted molar refractivity (Wildman–Crippen MR) is 92.5 cm³/mol. The number of halogens is 1. The molecule has 1 atom stereocenters. The van der Waals surface area contributed by atoms with Gasteiger partial charge in [-0.2, -0.15) is 0 Å². The lowest BCUT2D eigenvalue weighted by molar-refractivity contribution is 0.679. The van der Waals surface area contributed by atoms with Crippen molar-refractivity contribution in [3.8, 4) is 0 Å². The highest BCUT2D eigenvalue weighted by Crippen LogP contribution is 2.34. The Morgan fingerprint density at radius 1 is 1.33 bits per heavy atom. The van der Waals surface area contributed by atoms with Gasteiger partial charge < -0.3 is 10.2 Å². The fraction of sp³-hybridized carbons (Fsp3) is 0.412. The standard InChI is InChI=1S/C17H21ClN2S/c1-12(17-7-4-10-21-17)20(2)16-6-3-5-15(18)14(16)11-19-13-8-9-13/h3-7,10,12-13,19H,8-9,11H2,1-2H3. The van der Waals surface area contributed by atoms with Crippen LogP contribution in [-0.4, -0.2) is 13.1 Å². The van der Waals surface area contributed by atoms with E-state index in [1.807, 2.05) is 12.1 Å². The smallest absolute Gasteiger partial charge is 0.0603 e. The van der Waals surface area contributed by atoms with Gasteiger partial charge in [0.25, 0.3) is 0 Å². The van der Waals surface area contributed by atoms with Crippen LogP contribution in [0.3, 0.4) is 0 Å². The van der Waals surface area contributed by atoms with E-state index in [-0.39, 0.29) is 0 Å². The summed E-state index contributed by atoms with van der Waals surface area (Å²) in [7, 11) is 2.15. The summed E-state index contributed by atoms with van der Waals surface area (Å²) in [5, 5.41) is 6.56. The molecule has 2 aromatic rings. The van der Waals surface area contributed by atoms with Crippen LogP contribution in [0.5, 0.6) is 0 Å². The molecule has 1 aromatic heterocycles. The Kier molecular flexibility index (Phi) is 4.53. The lowest BCUT2D eigenvalue weighted by atomic mass is 10.1. The molecule has 1 aliphatic carbocycles. The Bertz CT molecular complexity index is 593. The van der Waals surface area contributed by atoms with E-state index in [2.05, 4.69) is 47.8 Å². The van der Waals surface area contributed by atoms with Gasteiger partial charge in [-0.05, 0) is 43.3 Å². The Morgan fingerprint density at radius 2 is 2.14 bits per heavy atom. The van der Waals surface area contributed by atoms with Crippen LogP contribution >= 0.6 is 22.9 Å². The molecule has 1 aliphatic rings. The second kappa shape index (κ2) is 6.39. The number of thiophene rings is 1. The van der Waals surface area contributed by atoms with Crippen molar-refractivity contribution in [1.29, 1.82) is 0 Å². The minimum atomic E-state index is 0.350. The first kappa shape index (κ1) is 14.9. The molecule has 1 saturated carbocycles. The SMILES string of the molecule is CC(c1cccs1)N(C)c1cccc(Cl)c1CNC1CC1. The Labute approximate surface area is 135 Å². The number of hydrogen-bond acceptors (Lipinski definition) is 3. The highest BCUT2D eigenvalue weighted by molar-refractivity contribution is 7.10. The highest BCUT2D eigenvalue weighted by Gasteiger charge is 2.22. The quantitative estimate of drug-likeness (QED) is 0.818. The molecule has 0 radical (unpaired) electrons. The van der Waals surface area contributed by atoms with Gasteiger partial charge in [0.1, 0.15) is 0 Å². The van der Waals surface area contributed by atoms with Gasteiger partial charge in [-0.25, -0.2) is 0 Å². The van der Waals surface area contributed by atoms with E-state index in [9.17, 15) is 0 Å². The molecule has 0 saturated heterocycles. The predicted octanol–water partition coefficient (Wildman–Crippen LogP) is 4.85. The van der Waals surface area contributed by atoms with Crippen molar-refractivity contribution < 1.29 is 0 Å². The summed E-state index contributed by atoms with van der Waals surface area (Å²) in [4.78, 5) is 3.69. The van der Waals surface area contributed by atoms with Gasteiger partial charge in [-0.1, -0.05) is 23.7 Å². The molecule has 4 heteroatoms. The second-order valence-corrected chi connectivity index (χ2v) is 7.08. The van der Waals surface area contributed by atoms with Gasteiger partial charge in [0.2, 0.25) is 0 Å². The molecule has 0 bridgehead atoms. The lowest BCUT2D eigenvalue weighted by Crippen LogP contribution is -2.24. The highest BCUT2D eigenvalue weighted by atomic mass is 35.5. The van der Waals surface area contributed by atoms with Gasteiger partial charge in [-0.15, -0.1) is 11.3 Å². The van der Waals surface area contributed by atoms with Crippen molar-refractivity contribution >= 4 is 28.6 Å². The van der Waals surface area contributed by atoms with Crippen LogP contribution in [0.1, 0.15) is 36.2 Å². The number of benzene rings is 1. The van der Waals surface area contributed by atoms with E-state index in [1.165, 1.54) is 29.0 Å². The average Bonchev–Trinajstić information content (AvgIpc) is 3.15. The van der Waals surface area contributed by atoms with Gasteiger partial charge in [0.05, 0.1) is 6.04 Å². The summed E-state index contributed by atoms with van der Waals surface area (Å²) in [6.45, 7) is 3.09. The van der Waals surface area contributed by atoms with E-state index < -0.39 is 0 Å². The topological polar surface area (TPSA) is 15.3 Å². The fourth-order valence-corrected chi connectivity index (χ4v) is 3.58. The molecule has 1 N–H and O–H groups in total. The largest absolute Gasteiger partial charge is 0.367 e. The Hall–Kier alpha value is -1.03. The first-order chi connectivity index (χ1) is 10.2. The minimum absolute atomic E-state index is 0.350. The van der Waals surface area contributed by atoms with E-state index in [0.29, 0.717) is 12.1 Å². The van der Waals surface area contributed by atoms with Gasteiger partial charge in [0, 0.05) is 40.8 Å². The summed E-state index contributed by atoms with van der Waals surface area (Å²) in [5.41, 5.74) is 2.42. The molecule has 0 spiro atoms. The van der Waals surface area contributed by atoms with E-state index in [4.69, 9.17) is 11.6 Å². The van der Waals surface area contributed by atoms with Crippen molar-refractivity contribution in [3.05, 3.63) is 51.2 Å². The zero-order valence-corrected chi connectivity index (χ0v) is 14.0. The number of hydrogen-bond donors (Lipinski definition) is 1. The first-order valence-electron chi connectivity index (χ1n) is 7.44. The van der Waals surface area contributed by atoms with Crippen LogP contribution in [0.25, 0.3) is 0 Å². The van der Waals surface area contributed by atoms with Crippen molar-refractivity contribution in [3.63, 3.8) is 0 Å². The maximum atomic E-state index is 6.44. The van der Waals surface area contributed by atoms with Crippen LogP contribution in [-0.2, 0) is 6.54 Å². The summed E-state index contributed by atoms with van der Waals surface area (Å²) in [5.74, 6) is 0. The van der Waals surface area contributed by atoms with Crippen molar-refractivity contribution in [1.82, 2.24) is 5.32 Å². The monoisotopic (exact) mass is 320 g/mol. The number of nitrogens with zero attached hydrogens (tertiary/aromatic N) is 1. The molecule has 0 amide bonds. The third kappa shape index (κ3) is 3.42. The lowest BCUT2D eigenvalue weighted by Gasteiger charge is -2.29. The fourth-order valence-electron chi connectivity index (χ4n) is 2.52. The number of anilines is 1. The molecule has 2 nitrogen and oxygen atoms in total. The summed E-state index contributed by atoms with van der Waals surface area (Å²) >= 11 is 8.24. The third-order valence-corrected chi connectivity index (χ3v) is 5.55.